The summed E-state index contributed by atoms with van der Waals surface area (Å²) in [7, 11) is 1.75. The number of hydrogen-bond donors (Lipinski definition) is 1. The molecule has 0 bridgehead atoms. The Kier molecular flexibility index (Phi) is 4.22. The standard InChI is InChI=1S/C23H32O2/c1-4-10-23-12-11-22(5-2)15-17(24)14-21(22)20(23)8-6-16-13-18(25-3)7-9-19(16)23/h4,7,9,13,17,20-21,24H,1,5-6,8,10-12,14-15H2,2-3H3/t17-,20+,21+,22-,23-/m1/s1. The SMILES string of the molecule is C=CC[C@]12CC[C@]3(CC)C[C@H](O)C[C@H]3[C@@H]1CCc1cc(OC)ccc12. The number of methoxy groups -OCH3 is 1. The van der Waals surface area contributed by atoms with E-state index in [-0.39, 0.29) is 11.5 Å². The Morgan fingerprint density at radius 1 is 1.32 bits per heavy atom. The molecular weight excluding hydrogens is 308 g/mol. The molecule has 1 aromatic carbocycles. The zero-order valence-corrected chi connectivity index (χ0v) is 15.8. The van der Waals surface area contributed by atoms with Crippen molar-refractivity contribution in [3.63, 3.8) is 0 Å². The van der Waals surface area contributed by atoms with Crippen molar-refractivity contribution in [1.29, 1.82) is 0 Å². The number of hydrogen-bond acceptors (Lipinski definition) is 2. The van der Waals surface area contributed by atoms with E-state index < -0.39 is 0 Å². The van der Waals surface area contributed by atoms with Crippen molar-refractivity contribution in [2.45, 2.75) is 69.8 Å². The van der Waals surface area contributed by atoms with Crippen molar-refractivity contribution in [3.8, 4) is 5.75 Å². The fourth-order valence-corrected chi connectivity index (χ4v) is 6.88. The number of allylic oxidation sites excluding steroid dienone is 1. The van der Waals surface area contributed by atoms with Gasteiger partial charge in [-0.05, 0) is 85.5 Å². The number of aliphatic hydroxyl groups excluding tert-OH is 1. The summed E-state index contributed by atoms with van der Waals surface area (Å²) in [5, 5.41) is 10.5. The molecule has 3 aliphatic rings. The summed E-state index contributed by atoms with van der Waals surface area (Å²) < 4.78 is 5.47. The zero-order valence-electron chi connectivity index (χ0n) is 15.8. The lowest BCUT2D eigenvalue weighted by Crippen LogP contribution is -2.51. The van der Waals surface area contributed by atoms with Gasteiger partial charge in [0, 0.05) is 5.41 Å². The van der Waals surface area contributed by atoms with E-state index in [0.29, 0.717) is 17.3 Å². The summed E-state index contributed by atoms with van der Waals surface area (Å²) in [6.07, 6.45) is 11.2. The molecule has 0 amide bonds. The molecule has 136 valence electrons. The molecular formula is C23H32O2. The van der Waals surface area contributed by atoms with E-state index in [1.165, 1.54) is 36.8 Å². The van der Waals surface area contributed by atoms with Gasteiger partial charge in [-0.3, -0.25) is 0 Å². The highest BCUT2D eigenvalue weighted by Crippen LogP contribution is 2.65. The van der Waals surface area contributed by atoms with Gasteiger partial charge < -0.3 is 9.84 Å². The second-order valence-corrected chi connectivity index (χ2v) is 8.73. The maximum atomic E-state index is 10.5. The van der Waals surface area contributed by atoms with E-state index in [1.807, 2.05) is 0 Å². The Labute approximate surface area is 152 Å². The van der Waals surface area contributed by atoms with Gasteiger partial charge in [0.25, 0.3) is 0 Å². The molecule has 25 heavy (non-hydrogen) atoms. The maximum Gasteiger partial charge on any atom is 0.119 e. The first-order chi connectivity index (χ1) is 12.1. The molecule has 0 aromatic heterocycles. The van der Waals surface area contributed by atoms with Gasteiger partial charge in [0.2, 0.25) is 0 Å². The molecule has 5 atom stereocenters. The Bertz CT molecular complexity index is 666. The summed E-state index contributed by atoms with van der Waals surface area (Å²) in [6, 6.07) is 6.72. The molecule has 0 radical (unpaired) electrons. The van der Waals surface area contributed by atoms with Gasteiger partial charge in [0.05, 0.1) is 13.2 Å². The summed E-state index contributed by atoms with van der Waals surface area (Å²) in [5.74, 6) is 2.31. The molecule has 2 nitrogen and oxygen atoms in total. The Balaban J connectivity index is 1.80. The lowest BCUT2D eigenvalue weighted by Gasteiger charge is -2.57. The number of ether oxygens (including phenoxy) is 1. The van der Waals surface area contributed by atoms with Crippen LogP contribution in [-0.2, 0) is 11.8 Å². The van der Waals surface area contributed by atoms with Gasteiger partial charge in [-0.15, -0.1) is 6.58 Å². The maximum absolute atomic E-state index is 10.5. The van der Waals surface area contributed by atoms with Crippen LogP contribution in [0.2, 0.25) is 0 Å². The first-order valence-corrected chi connectivity index (χ1v) is 10.0. The summed E-state index contributed by atoms with van der Waals surface area (Å²) in [6.45, 7) is 6.45. The lowest BCUT2D eigenvalue weighted by molar-refractivity contribution is -0.00755. The molecule has 0 aliphatic heterocycles. The largest absolute Gasteiger partial charge is 0.497 e. The van der Waals surface area contributed by atoms with Crippen LogP contribution in [0.3, 0.4) is 0 Å². The first-order valence-electron chi connectivity index (χ1n) is 10.0. The van der Waals surface area contributed by atoms with Gasteiger partial charge in [0.1, 0.15) is 5.75 Å². The smallest absolute Gasteiger partial charge is 0.119 e. The normalized spacial score (nSPS) is 39.2. The fraction of sp³-hybridized carbons (Fsp3) is 0.652. The molecule has 1 aromatic rings. The van der Waals surface area contributed by atoms with Crippen LogP contribution in [0.15, 0.2) is 30.9 Å². The van der Waals surface area contributed by atoms with E-state index in [9.17, 15) is 5.11 Å². The highest BCUT2D eigenvalue weighted by atomic mass is 16.5. The topological polar surface area (TPSA) is 29.5 Å². The van der Waals surface area contributed by atoms with Gasteiger partial charge in [-0.1, -0.05) is 25.5 Å². The van der Waals surface area contributed by atoms with Crippen molar-refractivity contribution in [3.05, 3.63) is 42.0 Å². The van der Waals surface area contributed by atoms with E-state index in [4.69, 9.17) is 4.74 Å². The van der Waals surface area contributed by atoms with E-state index in [0.717, 1.165) is 31.4 Å². The third-order valence-corrected chi connectivity index (χ3v) is 8.01. The Morgan fingerprint density at radius 2 is 2.16 bits per heavy atom. The van der Waals surface area contributed by atoms with Crippen molar-refractivity contribution in [2.24, 2.45) is 17.3 Å². The van der Waals surface area contributed by atoms with Crippen LogP contribution in [-0.4, -0.2) is 18.3 Å². The van der Waals surface area contributed by atoms with Crippen LogP contribution in [0.25, 0.3) is 0 Å². The minimum atomic E-state index is -0.0956. The first kappa shape index (κ1) is 17.1. The average molecular weight is 341 g/mol. The third-order valence-electron chi connectivity index (χ3n) is 8.01. The molecule has 0 saturated heterocycles. The van der Waals surface area contributed by atoms with E-state index >= 15 is 0 Å². The van der Waals surface area contributed by atoms with Crippen LogP contribution in [0.4, 0.5) is 0 Å². The molecule has 3 aliphatic carbocycles. The van der Waals surface area contributed by atoms with Crippen molar-refractivity contribution in [2.75, 3.05) is 7.11 Å². The minimum Gasteiger partial charge on any atom is -0.497 e. The molecule has 0 spiro atoms. The second-order valence-electron chi connectivity index (χ2n) is 8.73. The van der Waals surface area contributed by atoms with Gasteiger partial charge >= 0.3 is 0 Å². The Hall–Kier alpha value is -1.28. The quantitative estimate of drug-likeness (QED) is 0.779. The van der Waals surface area contributed by atoms with Crippen LogP contribution < -0.4 is 4.74 Å². The van der Waals surface area contributed by atoms with Crippen LogP contribution in [0.1, 0.15) is 63.0 Å². The van der Waals surface area contributed by atoms with Crippen LogP contribution in [0, 0.1) is 17.3 Å². The third kappa shape index (κ3) is 2.40. The minimum absolute atomic E-state index is 0.0956. The highest BCUT2D eigenvalue weighted by Gasteiger charge is 2.59. The highest BCUT2D eigenvalue weighted by molar-refractivity contribution is 5.44. The molecule has 0 heterocycles. The molecule has 2 saturated carbocycles. The summed E-state index contributed by atoms with van der Waals surface area (Å²) >= 11 is 0. The Morgan fingerprint density at radius 3 is 2.88 bits per heavy atom. The molecule has 4 rings (SSSR count). The molecule has 1 N–H and O–H groups in total. The number of aliphatic hydroxyl groups is 1. The molecule has 2 fully saturated rings. The number of rotatable bonds is 4. The number of fused-ring (bicyclic) bond motifs is 5. The zero-order chi connectivity index (χ0) is 17.7. The second kappa shape index (κ2) is 6.16. The predicted octanol–water partition coefficient (Wildman–Crippen LogP) is 5.03. The lowest BCUT2D eigenvalue weighted by atomic mass is 9.47. The number of aryl methyl sites for hydroxylation is 1. The van der Waals surface area contributed by atoms with E-state index in [2.05, 4.69) is 37.8 Å². The van der Waals surface area contributed by atoms with Crippen molar-refractivity contribution in [1.82, 2.24) is 0 Å². The van der Waals surface area contributed by atoms with E-state index in [1.54, 1.807) is 7.11 Å². The monoisotopic (exact) mass is 340 g/mol. The summed E-state index contributed by atoms with van der Waals surface area (Å²) in [4.78, 5) is 0. The molecule has 0 unspecified atom stereocenters. The molecule has 2 heteroatoms. The number of benzene rings is 1. The van der Waals surface area contributed by atoms with Gasteiger partial charge in [0.15, 0.2) is 0 Å². The summed E-state index contributed by atoms with van der Waals surface area (Å²) in [5.41, 5.74) is 3.60. The van der Waals surface area contributed by atoms with Gasteiger partial charge in [-0.25, -0.2) is 0 Å². The van der Waals surface area contributed by atoms with Crippen molar-refractivity contribution >= 4 is 0 Å². The average Bonchev–Trinajstić information content (AvgIpc) is 2.98. The van der Waals surface area contributed by atoms with Gasteiger partial charge in [-0.2, -0.15) is 0 Å². The van der Waals surface area contributed by atoms with Crippen LogP contribution >= 0.6 is 0 Å². The fourth-order valence-electron chi connectivity index (χ4n) is 6.88. The van der Waals surface area contributed by atoms with Crippen molar-refractivity contribution < 1.29 is 9.84 Å². The van der Waals surface area contributed by atoms with Crippen LogP contribution in [0.5, 0.6) is 5.75 Å². The predicted molar refractivity (Wildman–Crippen MR) is 102 cm³/mol.